The van der Waals surface area contributed by atoms with Gasteiger partial charge in [-0.3, -0.25) is 9.59 Å². The van der Waals surface area contributed by atoms with Crippen LogP contribution < -0.4 is 4.74 Å². The number of ether oxygens (including phenoxy) is 1. The van der Waals surface area contributed by atoms with Gasteiger partial charge >= 0.3 is 0 Å². The highest BCUT2D eigenvalue weighted by Gasteiger charge is 2.57. The minimum absolute atomic E-state index is 0.364. The number of β-lactam (4-membered cyclic amide) rings is 1. The van der Waals surface area contributed by atoms with Crippen LogP contribution in [-0.2, 0) is 16.1 Å². The average Bonchev–Trinajstić information content (AvgIpc) is 2.46. The molecule has 0 radical (unpaired) electrons. The Morgan fingerprint density at radius 2 is 2.00 bits per heavy atom. The largest absolute Gasteiger partial charge is 0.497 e. The van der Waals surface area contributed by atoms with Crippen molar-refractivity contribution in [1.29, 1.82) is 0 Å². The first-order chi connectivity index (χ1) is 9.50. The molecule has 6 heteroatoms. The van der Waals surface area contributed by atoms with Crippen molar-refractivity contribution in [3.05, 3.63) is 42.0 Å². The molecule has 1 unspecified atom stereocenters. The maximum Gasteiger partial charge on any atom is 0.262 e. The molecule has 1 amide bonds. The van der Waals surface area contributed by atoms with E-state index >= 15 is 0 Å². The summed E-state index contributed by atoms with van der Waals surface area (Å²) in [6.45, 7) is 0.373. The molecule has 1 atom stereocenters. The minimum Gasteiger partial charge on any atom is -0.497 e. The molecule has 20 heavy (non-hydrogen) atoms. The van der Waals surface area contributed by atoms with Gasteiger partial charge in [0.25, 0.3) is 5.91 Å². The maximum atomic E-state index is 11.9. The zero-order valence-electron chi connectivity index (χ0n) is 10.8. The number of hydrogen-bond donors (Lipinski definition) is 0. The summed E-state index contributed by atoms with van der Waals surface area (Å²) in [5, 5.41) is 0. The average molecular weight is 314 g/mol. The van der Waals surface area contributed by atoms with Crippen molar-refractivity contribution in [1.82, 2.24) is 4.90 Å². The highest BCUT2D eigenvalue weighted by atomic mass is 35.5. The molecule has 1 saturated heterocycles. The third-order valence-electron chi connectivity index (χ3n) is 3.14. The molecule has 0 spiro atoms. The van der Waals surface area contributed by atoms with E-state index in [9.17, 15) is 9.59 Å². The van der Waals surface area contributed by atoms with Crippen LogP contribution in [0.5, 0.6) is 5.75 Å². The SMILES string of the molecule is COc1ccc(CN2C(=O)C(Cl)(Cl)C2/C=C/C=O)cc1. The molecule has 1 aromatic carbocycles. The number of hydrogen-bond acceptors (Lipinski definition) is 3. The third-order valence-corrected chi connectivity index (χ3v) is 3.91. The molecule has 4 nitrogen and oxygen atoms in total. The molecule has 1 fully saturated rings. The lowest BCUT2D eigenvalue weighted by Gasteiger charge is -2.48. The zero-order chi connectivity index (χ0) is 14.8. The summed E-state index contributed by atoms with van der Waals surface area (Å²) >= 11 is 11.9. The first kappa shape index (κ1) is 14.9. The second-order valence-electron chi connectivity index (χ2n) is 4.37. The lowest BCUT2D eigenvalue weighted by Crippen LogP contribution is -2.66. The van der Waals surface area contributed by atoms with E-state index in [4.69, 9.17) is 27.9 Å². The molecular weight excluding hydrogens is 301 g/mol. The normalized spacial score (nSPS) is 20.9. The van der Waals surface area contributed by atoms with Crippen molar-refractivity contribution >= 4 is 35.4 Å². The van der Waals surface area contributed by atoms with E-state index in [1.54, 1.807) is 7.11 Å². The van der Waals surface area contributed by atoms with E-state index in [2.05, 4.69) is 0 Å². The van der Waals surface area contributed by atoms with Crippen molar-refractivity contribution in [2.24, 2.45) is 0 Å². The van der Waals surface area contributed by atoms with Crippen LogP contribution >= 0.6 is 23.2 Å². The fourth-order valence-electron chi connectivity index (χ4n) is 2.05. The van der Waals surface area contributed by atoms with Crippen molar-refractivity contribution < 1.29 is 14.3 Å². The highest BCUT2D eigenvalue weighted by Crippen LogP contribution is 2.42. The second kappa shape index (κ2) is 5.85. The molecular formula is C14H13Cl2NO3. The predicted molar refractivity (Wildman–Crippen MR) is 77.0 cm³/mol. The smallest absolute Gasteiger partial charge is 0.262 e. The molecule has 0 saturated carbocycles. The van der Waals surface area contributed by atoms with Crippen molar-refractivity contribution in [2.75, 3.05) is 7.11 Å². The van der Waals surface area contributed by atoms with Crippen LogP contribution in [0.1, 0.15) is 5.56 Å². The minimum atomic E-state index is -1.49. The number of carbonyl (C=O) groups is 2. The van der Waals surface area contributed by atoms with E-state index in [1.807, 2.05) is 24.3 Å². The fourth-order valence-corrected chi connectivity index (χ4v) is 2.65. The Balaban J connectivity index is 2.12. The van der Waals surface area contributed by atoms with Gasteiger partial charge in [-0.1, -0.05) is 41.4 Å². The Hall–Kier alpha value is -1.52. The number of nitrogens with zero attached hydrogens (tertiary/aromatic N) is 1. The van der Waals surface area contributed by atoms with Gasteiger partial charge in [0.2, 0.25) is 4.33 Å². The topological polar surface area (TPSA) is 46.6 Å². The van der Waals surface area contributed by atoms with Crippen LogP contribution in [0.25, 0.3) is 0 Å². The van der Waals surface area contributed by atoms with Gasteiger partial charge in [0.05, 0.1) is 13.2 Å². The summed E-state index contributed by atoms with van der Waals surface area (Å²) in [6, 6.07) is 6.82. The van der Waals surface area contributed by atoms with E-state index in [0.29, 0.717) is 12.8 Å². The van der Waals surface area contributed by atoms with Crippen LogP contribution in [0.4, 0.5) is 0 Å². The van der Waals surface area contributed by atoms with Crippen LogP contribution in [-0.4, -0.2) is 34.6 Å². The van der Waals surface area contributed by atoms with E-state index in [-0.39, 0.29) is 5.91 Å². The van der Waals surface area contributed by atoms with Gasteiger partial charge in [-0.25, -0.2) is 0 Å². The standard InChI is InChI=1S/C14H13Cl2NO3/c1-20-11-6-4-10(5-7-11)9-17-12(3-2-8-18)14(15,16)13(17)19/h2-8,12H,9H2,1H3/b3-2+. The van der Waals surface area contributed by atoms with Gasteiger partial charge in [0, 0.05) is 6.54 Å². The summed E-state index contributed by atoms with van der Waals surface area (Å²) in [4.78, 5) is 23.8. The first-order valence-electron chi connectivity index (χ1n) is 5.94. The Morgan fingerprint density at radius 1 is 1.35 bits per heavy atom. The molecule has 0 N–H and O–H groups in total. The van der Waals surface area contributed by atoms with E-state index in [1.165, 1.54) is 17.1 Å². The van der Waals surface area contributed by atoms with Crippen LogP contribution in [0.15, 0.2) is 36.4 Å². The lowest BCUT2D eigenvalue weighted by atomic mass is 9.98. The monoisotopic (exact) mass is 313 g/mol. The molecule has 2 rings (SSSR count). The number of allylic oxidation sites excluding steroid dienone is 1. The van der Waals surface area contributed by atoms with Crippen molar-refractivity contribution in [3.8, 4) is 5.75 Å². The molecule has 1 aliphatic heterocycles. The number of alkyl halides is 2. The van der Waals surface area contributed by atoms with Crippen LogP contribution in [0, 0.1) is 0 Å². The summed E-state index contributed by atoms with van der Waals surface area (Å²) in [5.41, 5.74) is 0.924. The maximum absolute atomic E-state index is 11.9. The number of likely N-dealkylation sites (tertiary alicyclic amines) is 1. The third kappa shape index (κ3) is 2.67. The number of aldehydes is 1. The Labute approximate surface area is 126 Å². The second-order valence-corrected chi connectivity index (χ2v) is 5.76. The number of rotatable bonds is 5. The van der Waals surface area contributed by atoms with Gasteiger partial charge in [-0.15, -0.1) is 0 Å². The van der Waals surface area contributed by atoms with Gasteiger partial charge in [0.15, 0.2) is 0 Å². The molecule has 1 aliphatic rings. The molecule has 0 bridgehead atoms. The predicted octanol–water partition coefficient (Wildman–Crippen LogP) is 2.33. The lowest BCUT2D eigenvalue weighted by molar-refractivity contribution is -0.146. The Morgan fingerprint density at radius 3 is 2.55 bits per heavy atom. The number of methoxy groups -OCH3 is 1. The van der Waals surface area contributed by atoms with Crippen molar-refractivity contribution in [2.45, 2.75) is 16.9 Å². The van der Waals surface area contributed by atoms with Crippen molar-refractivity contribution in [3.63, 3.8) is 0 Å². The molecule has 1 aromatic rings. The van der Waals surface area contributed by atoms with Crippen LogP contribution in [0.2, 0.25) is 0 Å². The number of amides is 1. The quantitative estimate of drug-likeness (QED) is 0.363. The van der Waals surface area contributed by atoms with Gasteiger partial charge in [0.1, 0.15) is 12.0 Å². The number of halogens is 2. The van der Waals surface area contributed by atoms with Gasteiger partial charge in [-0.05, 0) is 23.8 Å². The summed E-state index contributed by atoms with van der Waals surface area (Å²) in [6.07, 6.45) is 3.44. The summed E-state index contributed by atoms with van der Waals surface area (Å²) in [7, 11) is 1.59. The molecule has 1 heterocycles. The van der Waals surface area contributed by atoms with E-state index in [0.717, 1.165) is 11.3 Å². The summed E-state index contributed by atoms with van der Waals surface area (Å²) in [5.74, 6) is 0.377. The fraction of sp³-hybridized carbons (Fsp3) is 0.286. The number of benzene rings is 1. The van der Waals surface area contributed by atoms with E-state index < -0.39 is 10.4 Å². The zero-order valence-corrected chi connectivity index (χ0v) is 12.3. The Kier molecular flexibility index (Phi) is 4.35. The molecule has 0 aliphatic carbocycles. The Bertz CT molecular complexity index is 540. The van der Waals surface area contributed by atoms with Crippen LogP contribution in [0.3, 0.4) is 0 Å². The highest BCUT2D eigenvalue weighted by molar-refractivity contribution is 6.60. The van der Waals surface area contributed by atoms with Gasteiger partial charge in [-0.2, -0.15) is 0 Å². The molecule has 0 aromatic heterocycles. The molecule has 106 valence electrons. The first-order valence-corrected chi connectivity index (χ1v) is 6.70. The summed E-state index contributed by atoms with van der Waals surface area (Å²) < 4.78 is 3.58. The number of carbonyl (C=O) groups excluding carboxylic acids is 2. The van der Waals surface area contributed by atoms with Gasteiger partial charge < -0.3 is 9.64 Å².